The van der Waals surface area contributed by atoms with Crippen molar-refractivity contribution in [3.05, 3.63) is 53.9 Å². The molecule has 0 aliphatic heterocycles. The minimum absolute atomic E-state index is 0.0551. The molecule has 142 valence electrons. The van der Waals surface area contributed by atoms with E-state index in [0.29, 0.717) is 11.0 Å². The monoisotopic (exact) mass is 398 g/mol. The fourth-order valence-electron chi connectivity index (χ4n) is 2.40. The Hall–Kier alpha value is -2.88. The number of carbonyl (C=O) groups is 1. The summed E-state index contributed by atoms with van der Waals surface area (Å²) in [5.74, 6) is -1.12. The molecule has 0 fully saturated rings. The van der Waals surface area contributed by atoms with E-state index < -0.39 is 27.7 Å². The van der Waals surface area contributed by atoms with Crippen molar-refractivity contribution >= 4 is 26.7 Å². The highest BCUT2D eigenvalue weighted by Crippen LogP contribution is 2.24. The molecule has 0 bridgehead atoms. The van der Waals surface area contributed by atoms with Crippen LogP contribution in [0.1, 0.15) is 23.1 Å². The summed E-state index contributed by atoms with van der Waals surface area (Å²) in [5, 5.41) is 0. The van der Waals surface area contributed by atoms with Crippen LogP contribution >= 0.6 is 0 Å². The van der Waals surface area contributed by atoms with E-state index in [1.807, 2.05) is 0 Å². The number of nitrogens with one attached hydrogen (secondary N) is 1. The number of hydrogen-bond donors (Lipinski definition) is 1. The van der Waals surface area contributed by atoms with Gasteiger partial charge in [-0.25, -0.2) is 13.4 Å². The van der Waals surface area contributed by atoms with Crippen molar-refractivity contribution in [1.29, 1.82) is 0 Å². The largest absolute Gasteiger partial charge is 0.573 e. The number of fused-ring (bicyclic) bond motifs is 1. The van der Waals surface area contributed by atoms with Crippen LogP contribution in [0.15, 0.2) is 47.4 Å². The zero-order valence-corrected chi connectivity index (χ0v) is 14.7. The van der Waals surface area contributed by atoms with E-state index in [2.05, 4.69) is 14.7 Å². The summed E-state index contributed by atoms with van der Waals surface area (Å²) in [6, 6.07) is 8.68. The third kappa shape index (κ3) is 4.11. The van der Waals surface area contributed by atoms with Gasteiger partial charge >= 0.3 is 6.36 Å². The molecule has 0 saturated heterocycles. The SMILES string of the molecule is CCS(=O)(=O)c1ccc2nc(C(=O)c3ccc(OC(F)(F)F)cc3)[nH]c2c1. The molecule has 0 atom stereocenters. The molecular weight excluding hydrogens is 385 g/mol. The summed E-state index contributed by atoms with van der Waals surface area (Å²) in [7, 11) is -3.41. The molecule has 27 heavy (non-hydrogen) atoms. The summed E-state index contributed by atoms with van der Waals surface area (Å²) in [4.78, 5) is 19.4. The molecule has 6 nitrogen and oxygen atoms in total. The second-order valence-corrected chi connectivity index (χ2v) is 7.85. The second kappa shape index (κ2) is 6.69. The summed E-state index contributed by atoms with van der Waals surface area (Å²) < 4.78 is 64.2. The van der Waals surface area contributed by atoms with E-state index in [1.165, 1.54) is 37.3 Å². The number of hydrogen-bond acceptors (Lipinski definition) is 5. The van der Waals surface area contributed by atoms with Gasteiger partial charge in [-0.15, -0.1) is 13.2 Å². The highest BCUT2D eigenvalue weighted by molar-refractivity contribution is 7.91. The lowest BCUT2D eigenvalue weighted by Crippen LogP contribution is -2.17. The third-order valence-corrected chi connectivity index (χ3v) is 5.49. The Morgan fingerprint density at radius 2 is 1.81 bits per heavy atom. The van der Waals surface area contributed by atoms with Crippen LogP contribution in [0.2, 0.25) is 0 Å². The van der Waals surface area contributed by atoms with Gasteiger partial charge in [0.15, 0.2) is 15.7 Å². The van der Waals surface area contributed by atoms with Gasteiger partial charge in [0.25, 0.3) is 0 Å². The van der Waals surface area contributed by atoms with Crippen molar-refractivity contribution < 1.29 is 31.1 Å². The van der Waals surface area contributed by atoms with Crippen LogP contribution in [0.5, 0.6) is 5.75 Å². The van der Waals surface area contributed by atoms with Crippen molar-refractivity contribution in [3.8, 4) is 5.75 Å². The Labute approximate surface area is 151 Å². The van der Waals surface area contributed by atoms with E-state index in [4.69, 9.17) is 0 Å². The average Bonchev–Trinajstić information content (AvgIpc) is 3.03. The van der Waals surface area contributed by atoms with Crippen LogP contribution in [0.4, 0.5) is 13.2 Å². The number of sulfone groups is 1. The fraction of sp³-hybridized carbons (Fsp3) is 0.176. The molecule has 0 radical (unpaired) electrons. The first-order valence-electron chi connectivity index (χ1n) is 7.72. The Bertz CT molecular complexity index is 1100. The fourth-order valence-corrected chi connectivity index (χ4v) is 3.31. The zero-order valence-electron chi connectivity index (χ0n) is 13.9. The highest BCUT2D eigenvalue weighted by atomic mass is 32.2. The first-order valence-corrected chi connectivity index (χ1v) is 9.37. The lowest BCUT2D eigenvalue weighted by molar-refractivity contribution is -0.274. The van der Waals surface area contributed by atoms with Crippen LogP contribution in [-0.2, 0) is 9.84 Å². The maximum absolute atomic E-state index is 12.5. The van der Waals surface area contributed by atoms with Gasteiger partial charge < -0.3 is 9.72 Å². The van der Waals surface area contributed by atoms with Gasteiger partial charge in [0.05, 0.1) is 21.7 Å². The minimum atomic E-state index is -4.82. The average molecular weight is 398 g/mol. The Morgan fingerprint density at radius 3 is 2.41 bits per heavy atom. The number of aromatic nitrogens is 2. The van der Waals surface area contributed by atoms with Crippen LogP contribution < -0.4 is 4.74 Å². The third-order valence-electron chi connectivity index (χ3n) is 3.76. The summed E-state index contributed by atoms with van der Waals surface area (Å²) in [5.41, 5.74) is 0.861. The van der Waals surface area contributed by atoms with Gasteiger partial charge in [-0.05, 0) is 42.5 Å². The van der Waals surface area contributed by atoms with Gasteiger partial charge in [-0.3, -0.25) is 4.79 Å². The molecular formula is C17H13F3N2O4S. The first-order chi connectivity index (χ1) is 12.6. The van der Waals surface area contributed by atoms with Gasteiger partial charge in [0.2, 0.25) is 5.78 Å². The zero-order chi connectivity index (χ0) is 19.8. The van der Waals surface area contributed by atoms with Crippen LogP contribution in [0, 0.1) is 0 Å². The van der Waals surface area contributed by atoms with Crippen molar-refractivity contribution in [2.45, 2.75) is 18.2 Å². The number of ether oxygens (including phenoxy) is 1. The summed E-state index contributed by atoms with van der Waals surface area (Å²) in [6.07, 6.45) is -4.82. The molecule has 3 aromatic rings. The van der Waals surface area contributed by atoms with Gasteiger partial charge in [0.1, 0.15) is 5.75 Å². The number of carbonyl (C=O) groups excluding carboxylic acids is 1. The molecule has 0 aliphatic rings. The number of H-pyrrole nitrogens is 1. The second-order valence-electron chi connectivity index (χ2n) is 5.57. The normalized spacial score (nSPS) is 12.3. The number of halogens is 3. The van der Waals surface area contributed by atoms with Gasteiger partial charge in [-0.1, -0.05) is 6.92 Å². The standard InChI is InChI=1S/C17H13F3N2O4S/c1-2-27(24,25)12-7-8-13-14(9-12)22-16(21-13)15(23)10-3-5-11(6-4-10)26-17(18,19)20/h3-9H,2H2,1H3,(H,21,22). The predicted octanol–water partition coefficient (Wildman–Crippen LogP) is 3.49. The quantitative estimate of drug-likeness (QED) is 0.665. The molecule has 0 amide bonds. The molecule has 2 aromatic carbocycles. The van der Waals surface area contributed by atoms with E-state index in [9.17, 15) is 26.4 Å². The number of rotatable bonds is 5. The van der Waals surface area contributed by atoms with Crippen molar-refractivity contribution in [3.63, 3.8) is 0 Å². The number of imidazole rings is 1. The molecule has 3 rings (SSSR count). The lowest BCUT2D eigenvalue weighted by Gasteiger charge is -2.08. The van der Waals surface area contributed by atoms with E-state index in [1.54, 1.807) is 0 Å². The smallest absolute Gasteiger partial charge is 0.406 e. The molecule has 1 N–H and O–H groups in total. The Morgan fingerprint density at radius 1 is 1.15 bits per heavy atom. The van der Waals surface area contributed by atoms with Crippen LogP contribution in [0.25, 0.3) is 11.0 Å². The predicted molar refractivity (Wildman–Crippen MR) is 90.4 cm³/mol. The molecule has 0 aliphatic carbocycles. The number of aromatic amines is 1. The Kier molecular flexibility index (Phi) is 4.68. The van der Waals surface area contributed by atoms with Gasteiger partial charge in [0, 0.05) is 5.56 Å². The summed E-state index contributed by atoms with van der Waals surface area (Å²) >= 11 is 0. The molecule has 10 heteroatoms. The lowest BCUT2D eigenvalue weighted by atomic mass is 10.1. The highest BCUT2D eigenvalue weighted by Gasteiger charge is 2.31. The van der Waals surface area contributed by atoms with E-state index >= 15 is 0 Å². The molecule has 0 unspecified atom stereocenters. The summed E-state index contributed by atoms with van der Waals surface area (Å²) in [6.45, 7) is 1.52. The number of ketones is 1. The van der Waals surface area contributed by atoms with Crippen molar-refractivity contribution in [2.75, 3.05) is 5.75 Å². The molecule has 1 heterocycles. The van der Waals surface area contributed by atoms with Crippen LogP contribution in [-0.4, -0.2) is 36.3 Å². The van der Waals surface area contributed by atoms with E-state index in [0.717, 1.165) is 12.1 Å². The molecule has 1 aromatic heterocycles. The number of benzene rings is 2. The number of nitrogens with zero attached hydrogens (tertiary/aromatic N) is 1. The van der Waals surface area contributed by atoms with Gasteiger partial charge in [-0.2, -0.15) is 0 Å². The first kappa shape index (κ1) is 18.9. The number of alkyl halides is 3. The topological polar surface area (TPSA) is 89.1 Å². The van der Waals surface area contributed by atoms with E-state index in [-0.39, 0.29) is 22.0 Å². The maximum atomic E-state index is 12.5. The Balaban J connectivity index is 1.89. The van der Waals surface area contributed by atoms with Crippen molar-refractivity contribution in [2.24, 2.45) is 0 Å². The molecule has 0 saturated carbocycles. The maximum Gasteiger partial charge on any atom is 0.573 e. The minimum Gasteiger partial charge on any atom is -0.406 e. The van der Waals surface area contributed by atoms with Crippen LogP contribution in [0.3, 0.4) is 0 Å². The molecule has 0 spiro atoms. The van der Waals surface area contributed by atoms with Crippen molar-refractivity contribution in [1.82, 2.24) is 9.97 Å².